The highest BCUT2D eigenvalue weighted by Gasteiger charge is 2.39. The first-order valence-corrected chi connectivity index (χ1v) is 9.35. The Bertz CT molecular complexity index is 520. The molecule has 4 heteroatoms. The van der Waals surface area contributed by atoms with E-state index in [2.05, 4.69) is 24.4 Å². The first-order chi connectivity index (χ1) is 10.6. The molecule has 0 saturated heterocycles. The predicted octanol–water partition coefficient (Wildman–Crippen LogP) is 3.11. The van der Waals surface area contributed by atoms with Crippen LogP contribution in [0.2, 0.25) is 0 Å². The molecule has 2 atom stereocenters. The largest absolute Gasteiger partial charge is 0.352 e. The molecule has 0 aliphatic heterocycles. The monoisotopic (exact) mass is 318 g/mol. The number of carbonyl (C=O) groups excluding carboxylic acids is 1. The molecule has 2 saturated carbocycles. The van der Waals surface area contributed by atoms with Gasteiger partial charge in [0.05, 0.1) is 5.75 Å². The van der Waals surface area contributed by atoms with Crippen LogP contribution in [0.25, 0.3) is 0 Å². The number of fused-ring (bicyclic) bond motifs is 2. The molecule has 1 amide bonds. The third-order valence-corrected chi connectivity index (χ3v) is 6.33. The van der Waals surface area contributed by atoms with Gasteiger partial charge in [0.1, 0.15) is 0 Å². The normalized spacial score (nSPS) is 30.8. The summed E-state index contributed by atoms with van der Waals surface area (Å²) in [5, 5.41) is 3.32. The average Bonchev–Trinajstić information content (AvgIpc) is 2.47. The van der Waals surface area contributed by atoms with E-state index in [1.54, 1.807) is 11.8 Å². The lowest BCUT2D eigenvalue weighted by Gasteiger charge is -2.45. The number of nitrogens with two attached hydrogens (primary N) is 1. The second-order valence-corrected chi connectivity index (χ2v) is 7.85. The Hall–Kier alpha value is -1.00. The molecule has 0 aromatic heterocycles. The summed E-state index contributed by atoms with van der Waals surface area (Å²) in [4.78, 5) is 13.5. The summed E-state index contributed by atoms with van der Waals surface area (Å²) in [5.74, 6) is 1.86. The summed E-state index contributed by atoms with van der Waals surface area (Å²) in [6, 6.07) is 8.93. The molecule has 3 rings (SSSR count). The molecular formula is C18H26N2OS. The van der Waals surface area contributed by atoms with Gasteiger partial charge < -0.3 is 11.1 Å². The molecule has 3 N–H and O–H groups in total. The van der Waals surface area contributed by atoms with Crippen LogP contribution in [0.15, 0.2) is 29.2 Å². The number of thioether (sulfide) groups is 1. The summed E-state index contributed by atoms with van der Waals surface area (Å²) in [5.41, 5.74) is 7.39. The molecule has 2 unspecified atom stereocenters. The van der Waals surface area contributed by atoms with Crippen LogP contribution in [0.3, 0.4) is 0 Å². The molecule has 0 spiro atoms. The van der Waals surface area contributed by atoms with Crippen molar-refractivity contribution in [1.82, 2.24) is 5.32 Å². The minimum atomic E-state index is 0.172. The number of benzene rings is 1. The fourth-order valence-electron chi connectivity index (χ4n) is 4.11. The Labute approximate surface area is 137 Å². The molecule has 2 bridgehead atoms. The molecule has 2 aliphatic rings. The van der Waals surface area contributed by atoms with Crippen molar-refractivity contribution in [3.63, 3.8) is 0 Å². The van der Waals surface area contributed by atoms with Crippen LogP contribution in [0.1, 0.15) is 37.7 Å². The standard InChI is InChI=1S/C18H26N2OS/c1-12-5-2-3-8-16(12)22-11-17(21)20-18-13-6-4-7-14(18)10-15(19)9-13/h2-3,5,8,13-15,18H,4,6-7,9-11,19H2,1H3,(H,20,21). The van der Waals surface area contributed by atoms with Crippen LogP contribution >= 0.6 is 11.8 Å². The first kappa shape index (κ1) is 15.9. The average molecular weight is 318 g/mol. The minimum Gasteiger partial charge on any atom is -0.352 e. The van der Waals surface area contributed by atoms with Crippen molar-refractivity contribution >= 4 is 17.7 Å². The van der Waals surface area contributed by atoms with E-state index in [1.807, 2.05) is 12.1 Å². The van der Waals surface area contributed by atoms with Gasteiger partial charge in [-0.05, 0) is 56.1 Å². The quantitative estimate of drug-likeness (QED) is 0.839. The van der Waals surface area contributed by atoms with E-state index < -0.39 is 0 Å². The van der Waals surface area contributed by atoms with E-state index in [1.165, 1.54) is 29.7 Å². The van der Waals surface area contributed by atoms with Gasteiger partial charge in [0, 0.05) is 17.0 Å². The van der Waals surface area contributed by atoms with Crippen molar-refractivity contribution < 1.29 is 4.79 Å². The Morgan fingerprint density at radius 2 is 1.95 bits per heavy atom. The first-order valence-electron chi connectivity index (χ1n) is 8.37. The number of aryl methyl sites for hydroxylation is 1. The van der Waals surface area contributed by atoms with E-state index in [0.717, 1.165) is 12.8 Å². The lowest BCUT2D eigenvalue weighted by Crippen LogP contribution is -2.54. The summed E-state index contributed by atoms with van der Waals surface area (Å²) in [7, 11) is 0. The second kappa shape index (κ2) is 7.05. The zero-order valence-corrected chi connectivity index (χ0v) is 14.1. The highest BCUT2D eigenvalue weighted by atomic mass is 32.2. The zero-order chi connectivity index (χ0) is 15.5. The lowest BCUT2D eigenvalue weighted by molar-refractivity contribution is -0.120. The summed E-state index contributed by atoms with van der Waals surface area (Å²) >= 11 is 1.64. The maximum Gasteiger partial charge on any atom is 0.230 e. The number of rotatable bonds is 4. The van der Waals surface area contributed by atoms with E-state index in [4.69, 9.17) is 5.73 Å². The molecule has 1 aromatic rings. The van der Waals surface area contributed by atoms with Crippen molar-refractivity contribution in [2.24, 2.45) is 17.6 Å². The number of carbonyl (C=O) groups is 1. The van der Waals surface area contributed by atoms with Crippen LogP contribution in [-0.2, 0) is 4.79 Å². The van der Waals surface area contributed by atoms with Crippen LogP contribution in [0, 0.1) is 18.8 Å². The van der Waals surface area contributed by atoms with Gasteiger partial charge in [0.15, 0.2) is 0 Å². The van der Waals surface area contributed by atoms with Gasteiger partial charge in [0.2, 0.25) is 5.91 Å². The van der Waals surface area contributed by atoms with Gasteiger partial charge in [0.25, 0.3) is 0 Å². The van der Waals surface area contributed by atoms with Gasteiger partial charge in [-0.1, -0.05) is 24.6 Å². The molecule has 1 aromatic carbocycles. The van der Waals surface area contributed by atoms with Crippen LogP contribution in [0.5, 0.6) is 0 Å². The van der Waals surface area contributed by atoms with E-state index in [0.29, 0.717) is 29.7 Å². The number of hydrogen-bond acceptors (Lipinski definition) is 3. The maximum absolute atomic E-state index is 12.3. The van der Waals surface area contributed by atoms with Crippen molar-refractivity contribution in [3.05, 3.63) is 29.8 Å². The van der Waals surface area contributed by atoms with Crippen LogP contribution in [-0.4, -0.2) is 23.7 Å². The highest BCUT2D eigenvalue weighted by molar-refractivity contribution is 8.00. The molecule has 0 radical (unpaired) electrons. The van der Waals surface area contributed by atoms with E-state index in [-0.39, 0.29) is 5.91 Å². The molecule has 0 heterocycles. The summed E-state index contributed by atoms with van der Waals surface area (Å²) in [6.07, 6.45) is 5.89. The zero-order valence-electron chi connectivity index (χ0n) is 13.3. The lowest BCUT2D eigenvalue weighted by atomic mass is 9.67. The maximum atomic E-state index is 12.3. The number of amides is 1. The fourth-order valence-corrected chi connectivity index (χ4v) is 4.95. The van der Waals surface area contributed by atoms with Crippen molar-refractivity contribution in [2.45, 2.75) is 56.0 Å². The second-order valence-electron chi connectivity index (χ2n) is 6.83. The molecule has 22 heavy (non-hydrogen) atoms. The topological polar surface area (TPSA) is 55.1 Å². The molecule has 120 valence electrons. The highest BCUT2D eigenvalue weighted by Crippen LogP contribution is 2.39. The Balaban J connectivity index is 1.54. The Kier molecular flexibility index (Phi) is 5.09. The third-order valence-electron chi connectivity index (χ3n) is 5.16. The van der Waals surface area contributed by atoms with E-state index in [9.17, 15) is 4.79 Å². The Morgan fingerprint density at radius 1 is 1.27 bits per heavy atom. The van der Waals surface area contributed by atoms with Gasteiger partial charge in [-0.25, -0.2) is 0 Å². The van der Waals surface area contributed by atoms with E-state index >= 15 is 0 Å². The van der Waals surface area contributed by atoms with Gasteiger partial charge >= 0.3 is 0 Å². The smallest absolute Gasteiger partial charge is 0.230 e. The molecular weight excluding hydrogens is 292 g/mol. The Morgan fingerprint density at radius 3 is 2.64 bits per heavy atom. The van der Waals surface area contributed by atoms with Crippen molar-refractivity contribution in [2.75, 3.05) is 5.75 Å². The SMILES string of the molecule is Cc1ccccc1SCC(=O)NC1C2CCCC1CC(N)C2. The van der Waals surface area contributed by atoms with Crippen molar-refractivity contribution in [1.29, 1.82) is 0 Å². The molecule has 2 fully saturated rings. The predicted molar refractivity (Wildman–Crippen MR) is 91.9 cm³/mol. The van der Waals surface area contributed by atoms with Crippen LogP contribution < -0.4 is 11.1 Å². The summed E-state index contributed by atoms with van der Waals surface area (Å²) in [6.45, 7) is 2.09. The summed E-state index contributed by atoms with van der Waals surface area (Å²) < 4.78 is 0. The molecule has 3 nitrogen and oxygen atoms in total. The number of hydrogen-bond donors (Lipinski definition) is 2. The van der Waals surface area contributed by atoms with Gasteiger partial charge in [-0.15, -0.1) is 11.8 Å². The molecule has 2 aliphatic carbocycles. The van der Waals surface area contributed by atoms with Gasteiger partial charge in [-0.2, -0.15) is 0 Å². The third kappa shape index (κ3) is 3.66. The minimum absolute atomic E-state index is 0.172. The van der Waals surface area contributed by atoms with Crippen molar-refractivity contribution in [3.8, 4) is 0 Å². The van der Waals surface area contributed by atoms with Gasteiger partial charge in [-0.3, -0.25) is 4.79 Å². The fraction of sp³-hybridized carbons (Fsp3) is 0.611. The number of nitrogens with one attached hydrogen (secondary N) is 1. The van der Waals surface area contributed by atoms with Crippen LogP contribution in [0.4, 0.5) is 0 Å².